The number of benzene rings is 1. The number of anilines is 1. The van der Waals surface area contributed by atoms with Crippen molar-refractivity contribution in [2.45, 2.75) is 11.1 Å². The lowest BCUT2D eigenvalue weighted by Gasteiger charge is -2.18. The van der Waals surface area contributed by atoms with E-state index in [0.29, 0.717) is 4.90 Å². The second-order valence-electron chi connectivity index (χ2n) is 3.58. The maximum Gasteiger partial charge on any atom is 0.493 e. The van der Waals surface area contributed by atoms with E-state index in [-0.39, 0.29) is 17.1 Å². The summed E-state index contributed by atoms with van der Waals surface area (Å²) in [5, 5.41) is 0.780. The lowest BCUT2D eigenvalue weighted by Crippen LogP contribution is -2.33. The first-order valence-corrected chi connectivity index (χ1v) is 5.91. The van der Waals surface area contributed by atoms with E-state index in [9.17, 15) is 22.8 Å². The van der Waals surface area contributed by atoms with E-state index in [0.717, 1.165) is 5.06 Å². The fourth-order valence-corrected chi connectivity index (χ4v) is 2.33. The van der Waals surface area contributed by atoms with Crippen molar-refractivity contribution in [3.63, 3.8) is 0 Å². The van der Waals surface area contributed by atoms with Crippen LogP contribution < -0.4 is 10.8 Å². The Hall–Kier alpha value is -1.90. The molecule has 1 aliphatic heterocycles. The zero-order chi connectivity index (χ0) is 14.2. The highest BCUT2D eigenvalue weighted by molar-refractivity contribution is 7.99. The molecule has 9 heteroatoms. The highest BCUT2D eigenvalue weighted by atomic mass is 32.2. The van der Waals surface area contributed by atoms with Gasteiger partial charge in [-0.1, -0.05) is 11.8 Å². The number of hydroxylamine groups is 1. The van der Waals surface area contributed by atoms with E-state index in [2.05, 4.69) is 4.84 Å². The maximum atomic E-state index is 12.1. The number of halogens is 3. The summed E-state index contributed by atoms with van der Waals surface area (Å²) in [6.07, 6.45) is -5.07. The largest absolute Gasteiger partial charge is 0.493 e. The zero-order valence-electron chi connectivity index (χ0n) is 9.23. The highest BCUT2D eigenvalue weighted by Crippen LogP contribution is 2.39. The summed E-state index contributed by atoms with van der Waals surface area (Å²) in [5.74, 6) is -3.02. The first-order valence-electron chi connectivity index (χ1n) is 4.92. The average Bonchev–Trinajstić information content (AvgIpc) is 2.70. The van der Waals surface area contributed by atoms with Gasteiger partial charge in [-0.3, -0.25) is 4.79 Å². The van der Waals surface area contributed by atoms with Crippen LogP contribution in [0.25, 0.3) is 0 Å². The summed E-state index contributed by atoms with van der Waals surface area (Å²) in [4.78, 5) is 26.6. The number of carbonyl (C=O) groups excluding carboxylic acids is 2. The van der Waals surface area contributed by atoms with Crippen LogP contribution in [-0.4, -0.2) is 23.9 Å². The molecular weight excluding hydrogens is 285 g/mol. The molecule has 0 saturated heterocycles. The van der Waals surface area contributed by atoms with Crippen LogP contribution in [0.2, 0.25) is 0 Å². The normalized spacial score (nSPS) is 14.2. The molecule has 1 aliphatic rings. The van der Waals surface area contributed by atoms with Gasteiger partial charge in [0.25, 0.3) is 0 Å². The molecule has 0 unspecified atom stereocenters. The molecule has 0 atom stereocenters. The van der Waals surface area contributed by atoms with Gasteiger partial charge >= 0.3 is 12.1 Å². The Morgan fingerprint density at radius 3 is 2.63 bits per heavy atom. The van der Waals surface area contributed by atoms with Crippen LogP contribution in [0.1, 0.15) is 10.4 Å². The van der Waals surface area contributed by atoms with Gasteiger partial charge in [-0.25, -0.2) is 4.79 Å². The van der Waals surface area contributed by atoms with Crippen molar-refractivity contribution in [3.05, 3.63) is 23.8 Å². The van der Waals surface area contributed by atoms with Crippen LogP contribution >= 0.6 is 11.8 Å². The Labute approximate surface area is 109 Å². The Morgan fingerprint density at radius 2 is 2.05 bits per heavy atom. The SMILES string of the molecule is NC(=O)c1ccc2c(c1)N(OC(=O)C(F)(F)F)CS2. The van der Waals surface area contributed by atoms with Gasteiger partial charge in [0.2, 0.25) is 5.91 Å². The number of nitrogens with two attached hydrogens (primary N) is 1. The summed E-state index contributed by atoms with van der Waals surface area (Å²) in [6, 6.07) is 4.26. The molecule has 5 nitrogen and oxygen atoms in total. The lowest BCUT2D eigenvalue weighted by atomic mass is 10.2. The van der Waals surface area contributed by atoms with Gasteiger partial charge in [-0.2, -0.15) is 18.2 Å². The fourth-order valence-electron chi connectivity index (χ4n) is 1.41. The van der Waals surface area contributed by atoms with Gasteiger partial charge in [0.1, 0.15) is 5.88 Å². The molecule has 102 valence electrons. The fraction of sp³-hybridized carbons (Fsp3) is 0.200. The predicted octanol–water partition coefficient (Wildman–Crippen LogP) is 1.68. The summed E-state index contributed by atoms with van der Waals surface area (Å²) in [6.45, 7) is 0. The number of rotatable bonds is 2. The van der Waals surface area contributed by atoms with Gasteiger partial charge in [0, 0.05) is 10.5 Å². The quantitative estimate of drug-likeness (QED) is 0.897. The topological polar surface area (TPSA) is 72.6 Å². The molecule has 1 amide bonds. The number of primary amides is 1. The van der Waals surface area contributed by atoms with Crippen LogP contribution in [0, 0.1) is 0 Å². The molecule has 0 aliphatic carbocycles. The van der Waals surface area contributed by atoms with Gasteiger partial charge in [-0.05, 0) is 18.2 Å². The maximum absolute atomic E-state index is 12.1. The zero-order valence-corrected chi connectivity index (χ0v) is 10.0. The van der Waals surface area contributed by atoms with Crippen LogP contribution in [0.3, 0.4) is 0 Å². The molecule has 19 heavy (non-hydrogen) atoms. The van der Waals surface area contributed by atoms with E-state index in [4.69, 9.17) is 5.73 Å². The van der Waals surface area contributed by atoms with Crippen molar-refractivity contribution in [1.29, 1.82) is 0 Å². The first-order chi connectivity index (χ1) is 8.79. The van der Waals surface area contributed by atoms with Gasteiger partial charge in [0.05, 0.1) is 5.69 Å². The molecule has 0 saturated carbocycles. The molecular formula is C10H7F3N2O3S. The van der Waals surface area contributed by atoms with Crippen molar-refractivity contribution in [3.8, 4) is 0 Å². The van der Waals surface area contributed by atoms with Crippen LogP contribution in [0.4, 0.5) is 18.9 Å². The number of carbonyl (C=O) groups is 2. The number of alkyl halides is 3. The van der Waals surface area contributed by atoms with Gasteiger partial charge in [0.15, 0.2) is 0 Å². The molecule has 2 N–H and O–H groups in total. The Balaban J connectivity index is 2.23. The lowest BCUT2D eigenvalue weighted by molar-refractivity contribution is -0.200. The number of nitrogens with zero attached hydrogens (tertiary/aromatic N) is 1. The summed E-state index contributed by atoms with van der Waals surface area (Å²) < 4.78 is 36.3. The van der Waals surface area contributed by atoms with E-state index in [1.807, 2.05) is 0 Å². The van der Waals surface area contributed by atoms with Crippen molar-refractivity contribution in [2.75, 3.05) is 10.9 Å². The van der Waals surface area contributed by atoms with E-state index in [1.165, 1.54) is 30.0 Å². The Bertz CT molecular complexity index is 547. The molecule has 1 aromatic carbocycles. The number of amides is 1. The average molecular weight is 292 g/mol. The highest BCUT2D eigenvalue weighted by Gasteiger charge is 2.43. The van der Waals surface area contributed by atoms with E-state index < -0.39 is 18.1 Å². The summed E-state index contributed by atoms with van der Waals surface area (Å²) >= 11 is 1.18. The summed E-state index contributed by atoms with van der Waals surface area (Å²) in [7, 11) is 0. The molecule has 0 fully saturated rings. The third kappa shape index (κ3) is 2.75. The number of hydrogen-bond donors (Lipinski definition) is 1. The van der Waals surface area contributed by atoms with Crippen LogP contribution in [-0.2, 0) is 9.63 Å². The molecule has 1 aromatic rings. The minimum absolute atomic E-state index is 0.0133. The second-order valence-corrected chi connectivity index (χ2v) is 4.56. The molecule has 0 spiro atoms. The number of thioether (sulfide) groups is 1. The molecule has 2 rings (SSSR count). The third-order valence-electron chi connectivity index (χ3n) is 2.27. The van der Waals surface area contributed by atoms with Crippen LogP contribution in [0.5, 0.6) is 0 Å². The molecule has 0 radical (unpaired) electrons. The monoisotopic (exact) mass is 292 g/mol. The second kappa shape index (κ2) is 4.65. The number of fused-ring (bicyclic) bond motifs is 1. The third-order valence-corrected chi connectivity index (χ3v) is 3.29. The smallest absolute Gasteiger partial charge is 0.366 e. The van der Waals surface area contributed by atoms with Crippen molar-refractivity contribution in [1.82, 2.24) is 0 Å². The van der Waals surface area contributed by atoms with Gasteiger partial charge < -0.3 is 10.6 Å². The van der Waals surface area contributed by atoms with Crippen molar-refractivity contribution < 1.29 is 27.6 Å². The minimum Gasteiger partial charge on any atom is -0.366 e. The Morgan fingerprint density at radius 1 is 1.37 bits per heavy atom. The standard InChI is InChI=1S/C10H7F3N2O3S/c11-10(12,13)9(17)18-15-4-19-7-2-1-5(8(14)16)3-6(7)15/h1-3H,4H2,(H2,14,16). The molecule has 0 aromatic heterocycles. The summed E-state index contributed by atoms with van der Waals surface area (Å²) in [5.41, 5.74) is 5.40. The molecule has 0 bridgehead atoms. The van der Waals surface area contributed by atoms with Gasteiger partial charge in [-0.15, -0.1) is 0 Å². The van der Waals surface area contributed by atoms with E-state index in [1.54, 1.807) is 0 Å². The van der Waals surface area contributed by atoms with Crippen LogP contribution in [0.15, 0.2) is 23.1 Å². The minimum atomic E-state index is -5.07. The molecule has 1 heterocycles. The number of hydrogen-bond acceptors (Lipinski definition) is 5. The van der Waals surface area contributed by atoms with E-state index >= 15 is 0 Å². The Kier molecular flexibility index (Phi) is 3.31. The van der Waals surface area contributed by atoms with Crippen molar-refractivity contribution >= 4 is 29.3 Å². The van der Waals surface area contributed by atoms with Crippen molar-refractivity contribution in [2.24, 2.45) is 5.73 Å². The predicted molar refractivity (Wildman–Crippen MR) is 60.3 cm³/mol. The first kappa shape index (κ1) is 13.5.